The van der Waals surface area contributed by atoms with E-state index in [0.717, 1.165) is 72.4 Å². The number of carbonyl (C=O) groups excluding carboxylic acids is 2. The molecule has 2 heterocycles. The highest BCUT2D eigenvalue weighted by Gasteiger charge is 2.33. The normalized spacial score (nSPS) is 21.0. The number of carboxylic acids is 1. The minimum absolute atomic E-state index is 0.00519. The van der Waals surface area contributed by atoms with E-state index in [1.165, 1.54) is 17.2 Å². The van der Waals surface area contributed by atoms with E-state index in [9.17, 15) is 19.5 Å². The van der Waals surface area contributed by atoms with Gasteiger partial charge in [0.15, 0.2) is 5.96 Å². The number of H-pyrrole nitrogens is 1. The second-order valence-corrected chi connectivity index (χ2v) is 13.3. The van der Waals surface area contributed by atoms with Gasteiger partial charge in [0.05, 0.1) is 12.1 Å². The third-order valence-corrected chi connectivity index (χ3v) is 9.73. The van der Waals surface area contributed by atoms with Crippen molar-refractivity contribution < 1.29 is 19.5 Å². The first-order valence-electron chi connectivity index (χ1n) is 17.0. The van der Waals surface area contributed by atoms with Gasteiger partial charge in [-0.25, -0.2) is 4.79 Å². The van der Waals surface area contributed by atoms with Crippen LogP contribution in [0.3, 0.4) is 0 Å². The predicted molar refractivity (Wildman–Crippen MR) is 192 cm³/mol. The molecule has 254 valence electrons. The predicted octanol–water partition coefficient (Wildman–Crippen LogP) is 5.31. The van der Waals surface area contributed by atoms with E-state index in [4.69, 9.17) is 11.5 Å². The van der Waals surface area contributed by atoms with Gasteiger partial charge in [0.1, 0.15) is 18.4 Å². The lowest BCUT2D eigenvalue weighted by atomic mass is 9.72. The third kappa shape index (κ3) is 9.01. The second kappa shape index (κ2) is 16.4. The molecule has 0 spiro atoms. The number of anilines is 1. The number of nitrogens with one attached hydrogen (secondary N) is 3. The van der Waals surface area contributed by atoms with Gasteiger partial charge in [0.2, 0.25) is 0 Å². The topological polar surface area (TPSA) is 176 Å². The number of guanidine groups is 1. The Morgan fingerprint density at radius 1 is 1.15 bits per heavy atom. The first-order valence-corrected chi connectivity index (χ1v) is 17.0. The number of aliphatic imine (C=N–C) groups is 1. The van der Waals surface area contributed by atoms with E-state index in [2.05, 4.69) is 57.0 Å². The Bertz CT molecular complexity index is 1660. The standard InChI is InChI=1S/C38H48N6O4/c1-24(23-46)7-12-30(39)4-2-5-31-28(11-10-27-19-26-9-8-25(14-17-45)18-29(26)20-32(27)31)21-35(43-36-6-3-15-41-36)33(22-37(47)48)34-13-16-42-38(40)44-34/h3,6,8-11,15,17-20,22-24,28,30-31,34-35,41,43H,2,4-5,7,12-14,16,21,39H2,1H3,(H,47,48)(H3,40,42,44)/b33-22+/t24-,28-,30+,31-,34+,35+/m0/s1. The Morgan fingerprint density at radius 2 is 2.00 bits per heavy atom. The number of rotatable bonds is 17. The number of nitrogens with zero attached hydrogens (tertiary/aromatic N) is 1. The van der Waals surface area contributed by atoms with Gasteiger partial charge in [-0.3, -0.25) is 4.99 Å². The lowest BCUT2D eigenvalue weighted by Crippen LogP contribution is -2.48. The highest BCUT2D eigenvalue weighted by Crippen LogP contribution is 2.43. The van der Waals surface area contributed by atoms with Crippen LogP contribution in [0.2, 0.25) is 0 Å². The summed E-state index contributed by atoms with van der Waals surface area (Å²) in [6.07, 6.45) is 15.4. The molecule has 5 rings (SSSR count). The fraction of sp³-hybridized carbons (Fsp3) is 0.421. The van der Waals surface area contributed by atoms with Crippen LogP contribution in [0.25, 0.3) is 16.8 Å². The number of aromatic nitrogens is 1. The van der Waals surface area contributed by atoms with Gasteiger partial charge in [-0.05, 0) is 102 Å². The number of aromatic amines is 1. The van der Waals surface area contributed by atoms with Crippen molar-refractivity contribution in [3.8, 4) is 0 Å². The van der Waals surface area contributed by atoms with Crippen molar-refractivity contribution in [3.05, 3.63) is 83.1 Å². The van der Waals surface area contributed by atoms with E-state index < -0.39 is 5.97 Å². The Labute approximate surface area is 282 Å². The molecule has 1 aliphatic heterocycles. The number of aliphatic carboxylic acids is 1. The maximum Gasteiger partial charge on any atom is 0.328 e. The number of nitrogens with two attached hydrogens (primary N) is 2. The summed E-state index contributed by atoms with van der Waals surface area (Å²) in [5.41, 5.74) is 16.7. The average molecular weight is 653 g/mol. The highest BCUT2D eigenvalue weighted by molar-refractivity contribution is 5.88. The van der Waals surface area contributed by atoms with Crippen molar-refractivity contribution in [2.45, 2.75) is 82.3 Å². The summed E-state index contributed by atoms with van der Waals surface area (Å²) in [5.74, 6) is 0.335. The number of carboxylic acid groups (broad SMARTS) is 1. The van der Waals surface area contributed by atoms with Crippen LogP contribution in [0.4, 0.5) is 5.82 Å². The molecule has 6 atom stereocenters. The molecule has 2 aliphatic rings. The van der Waals surface area contributed by atoms with Crippen LogP contribution in [0.15, 0.2) is 71.4 Å². The molecule has 10 nitrogen and oxygen atoms in total. The second-order valence-electron chi connectivity index (χ2n) is 13.3. The summed E-state index contributed by atoms with van der Waals surface area (Å²) in [7, 11) is 0. The Morgan fingerprint density at radius 3 is 2.73 bits per heavy atom. The fourth-order valence-corrected chi connectivity index (χ4v) is 7.17. The van der Waals surface area contributed by atoms with Crippen LogP contribution in [0, 0.1) is 11.8 Å². The molecule has 48 heavy (non-hydrogen) atoms. The molecule has 10 heteroatoms. The molecule has 8 N–H and O–H groups in total. The molecule has 3 aromatic rings. The summed E-state index contributed by atoms with van der Waals surface area (Å²) >= 11 is 0. The summed E-state index contributed by atoms with van der Waals surface area (Å²) in [5, 5.41) is 19.0. The molecule has 0 saturated carbocycles. The number of fused-ring (bicyclic) bond motifs is 2. The third-order valence-electron chi connectivity index (χ3n) is 9.73. The smallest absolute Gasteiger partial charge is 0.328 e. The number of hydrogen-bond donors (Lipinski definition) is 6. The minimum Gasteiger partial charge on any atom is -0.478 e. The molecule has 0 saturated heterocycles. The number of carbonyl (C=O) groups is 3. The SMILES string of the molecule is C[C@H](C=O)CC[C@H](N)CCC[C@@H]1c2cc3cc(CC=O)ccc3cc2C=C[C@H]1C[C@@H](Nc1ccc[nH]1)/C(=C/C(=O)O)[C@H]1CCN=C(N)N1. The molecule has 0 bridgehead atoms. The molecule has 0 fully saturated rings. The molecule has 0 unspecified atom stereocenters. The maximum absolute atomic E-state index is 12.2. The van der Waals surface area contributed by atoms with E-state index in [-0.39, 0.29) is 35.9 Å². The van der Waals surface area contributed by atoms with Gasteiger partial charge in [-0.15, -0.1) is 0 Å². The molecule has 2 aromatic carbocycles. The molecular weight excluding hydrogens is 604 g/mol. The van der Waals surface area contributed by atoms with Crippen molar-refractivity contribution in [2.24, 2.45) is 28.3 Å². The minimum atomic E-state index is -1.01. The maximum atomic E-state index is 12.2. The zero-order valence-electron chi connectivity index (χ0n) is 27.6. The van der Waals surface area contributed by atoms with Gasteiger partial charge in [0.25, 0.3) is 0 Å². The number of benzene rings is 2. The van der Waals surface area contributed by atoms with Crippen LogP contribution < -0.4 is 22.1 Å². The number of allylic oxidation sites excluding steroid dienone is 1. The van der Waals surface area contributed by atoms with Gasteiger partial charge < -0.3 is 41.8 Å². The van der Waals surface area contributed by atoms with Crippen molar-refractivity contribution in [3.63, 3.8) is 0 Å². The van der Waals surface area contributed by atoms with Crippen LogP contribution in [0.5, 0.6) is 0 Å². The van der Waals surface area contributed by atoms with Crippen molar-refractivity contribution in [1.29, 1.82) is 0 Å². The van der Waals surface area contributed by atoms with Gasteiger partial charge in [-0.1, -0.05) is 49.8 Å². The number of hydrogen-bond acceptors (Lipinski definition) is 8. The first kappa shape index (κ1) is 34.6. The van der Waals surface area contributed by atoms with Crippen LogP contribution in [-0.4, -0.2) is 59.3 Å². The van der Waals surface area contributed by atoms with Crippen LogP contribution in [-0.2, 0) is 20.8 Å². The lowest BCUT2D eigenvalue weighted by molar-refractivity contribution is -0.131. The molecular formula is C38H48N6O4. The summed E-state index contributed by atoms with van der Waals surface area (Å²) in [6.45, 7) is 2.44. The Balaban J connectivity index is 1.48. The molecule has 1 aromatic heterocycles. The van der Waals surface area contributed by atoms with E-state index >= 15 is 0 Å². The fourth-order valence-electron chi connectivity index (χ4n) is 7.17. The number of aldehydes is 2. The largest absolute Gasteiger partial charge is 0.478 e. The zero-order chi connectivity index (χ0) is 34.0. The van der Waals surface area contributed by atoms with Gasteiger partial charge in [0, 0.05) is 37.2 Å². The quantitative estimate of drug-likeness (QED) is 0.0840. The van der Waals surface area contributed by atoms with Gasteiger partial charge >= 0.3 is 5.97 Å². The lowest BCUT2D eigenvalue weighted by Gasteiger charge is -2.36. The average Bonchev–Trinajstić information content (AvgIpc) is 3.59. The first-order chi connectivity index (χ1) is 23.2. The monoisotopic (exact) mass is 652 g/mol. The molecule has 0 radical (unpaired) electrons. The molecule has 1 aliphatic carbocycles. The summed E-state index contributed by atoms with van der Waals surface area (Å²) in [4.78, 5) is 42.1. The zero-order valence-corrected chi connectivity index (χ0v) is 27.6. The van der Waals surface area contributed by atoms with E-state index in [1.807, 2.05) is 31.3 Å². The summed E-state index contributed by atoms with van der Waals surface area (Å²) < 4.78 is 0. The Kier molecular flexibility index (Phi) is 11.8. The van der Waals surface area contributed by atoms with Crippen molar-refractivity contribution >= 4 is 47.2 Å². The van der Waals surface area contributed by atoms with Crippen LogP contribution in [0.1, 0.15) is 74.5 Å². The van der Waals surface area contributed by atoms with Crippen molar-refractivity contribution in [2.75, 3.05) is 11.9 Å². The van der Waals surface area contributed by atoms with Gasteiger partial charge in [-0.2, -0.15) is 0 Å². The van der Waals surface area contributed by atoms with E-state index in [1.54, 1.807) is 0 Å². The highest BCUT2D eigenvalue weighted by atomic mass is 16.4. The molecule has 0 amide bonds. The van der Waals surface area contributed by atoms with Crippen molar-refractivity contribution in [1.82, 2.24) is 10.3 Å². The van der Waals surface area contributed by atoms with Crippen LogP contribution >= 0.6 is 0 Å². The summed E-state index contributed by atoms with van der Waals surface area (Å²) in [6, 6.07) is 13.9. The Hall–Kier alpha value is -4.70. The van der Waals surface area contributed by atoms with E-state index in [0.29, 0.717) is 31.8 Å².